The smallest absolute Gasteiger partial charge is 0.203 e. The lowest BCUT2D eigenvalue weighted by Crippen LogP contribution is -2.15. The minimum atomic E-state index is -0.212. The third-order valence-electron chi connectivity index (χ3n) is 3.01. The molecule has 0 fully saturated rings. The molecule has 1 heterocycles. The summed E-state index contributed by atoms with van der Waals surface area (Å²) in [6.45, 7) is 0. The van der Waals surface area contributed by atoms with E-state index in [1.54, 1.807) is 38.9 Å². The van der Waals surface area contributed by atoms with E-state index in [0.29, 0.717) is 23.7 Å². The van der Waals surface area contributed by atoms with Crippen molar-refractivity contribution in [2.45, 2.75) is 12.5 Å². The van der Waals surface area contributed by atoms with Gasteiger partial charge in [-0.15, -0.1) is 11.3 Å². The van der Waals surface area contributed by atoms with E-state index in [1.807, 2.05) is 17.5 Å². The fraction of sp³-hybridized carbons (Fsp3) is 0.357. The third kappa shape index (κ3) is 2.86. The largest absolute Gasteiger partial charge is 0.493 e. The number of hydrogen-bond acceptors (Lipinski definition) is 6. The van der Waals surface area contributed by atoms with Crippen LogP contribution < -0.4 is 19.9 Å². The quantitative estimate of drug-likeness (QED) is 0.886. The maximum Gasteiger partial charge on any atom is 0.203 e. The van der Waals surface area contributed by atoms with Crippen molar-refractivity contribution in [3.63, 3.8) is 0 Å². The highest BCUT2D eigenvalue weighted by Crippen LogP contribution is 2.42. The Bertz CT molecular complexity index is 558. The summed E-state index contributed by atoms with van der Waals surface area (Å²) in [4.78, 5) is 4.26. The zero-order valence-electron chi connectivity index (χ0n) is 11.8. The molecule has 6 heteroatoms. The molecular weight excluding hydrogens is 276 g/mol. The average Bonchev–Trinajstić information content (AvgIpc) is 2.98. The van der Waals surface area contributed by atoms with Crippen molar-refractivity contribution in [3.05, 3.63) is 34.3 Å². The molecule has 20 heavy (non-hydrogen) atoms. The highest BCUT2D eigenvalue weighted by atomic mass is 32.1. The fourth-order valence-electron chi connectivity index (χ4n) is 2.07. The third-order valence-corrected chi connectivity index (χ3v) is 3.81. The Morgan fingerprint density at radius 2 is 1.90 bits per heavy atom. The normalized spacial score (nSPS) is 12.0. The van der Waals surface area contributed by atoms with Gasteiger partial charge in [0.15, 0.2) is 11.5 Å². The number of methoxy groups -OCH3 is 3. The molecule has 0 saturated heterocycles. The van der Waals surface area contributed by atoms with Gasteiger partial charge in [0.1, 0.15) is 0 Å². The standard InChI is InChI=1S/C14H18N2O3S/c1-17-11-5-4-9(13(18-2)14(11)19-3)10(15)8-12-16-6-7-20-12/h4-7,10H,8,15H2,1-3H3. The lowest BCUT2D eigenvalue weighted by molar-refractivity contribution is 0.320. The number of nitrogens with zero attached hydrogens (tertiary/aromatic N) is 1. The van der Waals surface area contributed by atoms with E-state index in [4.69, 9.17) is 19.9 Å². The van der Waals surface area contributed by atoms with Crippen molar-refractivity contribution < 1.29 is 14.2 Å². The molecule has 0 spiro atoms. The van der Waals surface area contributed by atoms with Gasteiger partial charge >= 0.3 is 0 Å². The predicted octanol–water partition coefficient (Wildman–Crippen LogP) is 2.41. The molecule has 0 aliphatic carbocycles. The van der Waals surface area contributed by atoms with Crippen LogP contribution in [0.2, 0.25) is 0 Å². The minimum absolute atomic E-state index is 0.212. The number of rotatable bonds is 6. The number of ether oxygens (including phenoxy) is 3. The van der Waals surface area contributed by atoms with Crippen LogP contribution in [0.4, 0.5) is 0 Å². The summed E-state index contributed by atoms with van der Waals surface area (Å²) >= 11 is 1.59. The molecular formula is C14H18N2O3S. The highest BCUT2D eigenvalue weighted by Gasteiger charge is 2.20. The molecule has 2 rings (SSSR count). The first-order valence-electron chi connectivity index (χ1n) is 6.14. The van der Waals surface area contributed by atoms with E-state index in [0.717, 1.165) is 10.6 Å². The molecule has 1 unspecified atom stereocenters. The van der Waals surface area contributed by atoms with Gasteiger partial charge < -0.3 is 19.9 Å². The lowest BCUT2D eigenvalue weighted by atomic mass is 10.0. The van der Waals surface area contributed by atoms with Crippen LogP contribution in [0, 0.1) is 0 Å². The molecule has 0 aliphatic heterocycles. The maximum atomic E-state index is 6.27. The summed E-state index contributed by atoms with van der Waals surface area (Å²) < 4.78 is 16.1. The first kappa shape index (κ1) is 14.6. The van der Waals surface area contributed by atoms with E-state index < -0.39 is 0 Å². The van der Waals surface area contributed by atoms with Gasteiger partial charge in [0.2, 0.25) is 5.75 Å². The topological polar surface area (TPSA) is 66.6 Å². The SMILES string of the molecule is COc1ccc(C(N)Cc2nccs2)c(OC)c1OC. The zero-order valence-corrected chi connectivity index (χ0v) is 12.6. The fourth-order valence-corrected chi connectivity index (χ4v) is 2.74. The second kappa shape index (κ2) is 6.58. The Balaban J connectivity index is 2.35. The van der Waals surface area contributed by atoms with E-state index in [9.17, 15) is 0 Å². The van der Waals surface area contributed by atoms with Gasteiger partial charge in [0.05, 0.1) is 26.3 Å². The Morgan fingerprint density at radius 3 is 2.45 bits per heavy atom. The molecule has 1 atom stereocenters. The van der Waals surface area contributed by atoms with Gasteiger partial charge in [-0.1, -0.05) is 0 Å². The molecule has 1 aromatic carbocycles. The summed E-state index contributed by atoms with van der Waals surface area (Å²) in [5, 5.41) is 2.93. The molecule has 0 saturated carbocycles. The number of hydrogen-bond donors (Lipinski definition) is 1. The van der Waals surface area contributed by atoms with Gasteiger partial charge in [0, 0.05) is 29.6 Å². The Hall–Kier alpha value is -1.79. The van der Waals surface area contributed by atoms with Gasteiger partial charge in [-0.2, -0.15) is 0 Å². The van der Waals surface area contributed by atoms with Crippen LogP contribution in [0.15, 0.2) is 23.7 Å². The van der Waals surface area contributed by atoms with Crippen LogP contribution in [0.25, 0.3) is 0 Å². The van der Waals surface area contributed by atoms with Gasteiger partial charge in [-0.25, -0.2) is 4.98 Å². The van der Waals surface area contributed by atoms with Crippen molar-refractivity contribution in [2.24, 2.45) is 5.73 Å². The Labute approximate surface area is 122 Å². The Kier molecular flexibility index (Phi) is 4.81. The van der Waals surface area contributed by atoms with E-state index in [2.05, 4.69) is 4.98 Å². The average molecular weight is 294 g/mol. The second-order valence-corrected chi connectivity index (χ2v) is 5.14. The maximum absolute atomic E-state index is 6.27. The number of nitrogens with two attached hydrogens (primary N) is 1. The first-order chi connectivity index (χ1) is 9.71. The van der Waals surface area contributed by atoms with Crippen molar-refractivity contribution in [1.29, 1.82) is 0 Å². The molecule has 0 radical (unpaired) electrons. The van der Waals surface area contributed by atoms with E-state index in [1.165, 1.54) is 0 Å². The summed E-state index contributed by atoms with van der Waals surface area (Å²) in [6.07, 6.45) is 2.43. The summed E-state index contributed by atoms with van der Waals surface area (Å²) in [6, 6.07) is 3.52. The zero-order chi connectivity index (χ0) is 14.5. The second-order valence-electron chi connectivity index (χ2n) is 4.16. The Morgan fingerprint density at radius 1 is 1.15 bits per heavy atom. The van der Waals surface area contributed by atoms with E-state index in [-0.39, 0.29) is 6.04 Å². The molecule has 2 N–H and O–H groups in total. The highest BCUT2D eigenvalue weighted by molar-refractivity contribution is 7.09. The predicted molar refractivity (Wildman–Crippen MR) is 78.8 cm³/mol. The van der Waals surface area contributed by atoms with Crippen molar-refractivity contribution in [2.75, 3.05) is 21.3 Å². The van der Waals surface area contributed by atoms with Gasteiger partial charge in [-0.3, -0.25) is 0 Å². The van der Waals surface area contributed by atoms with Gasteiger partial charge in [0.25, 0.3) is 0 Å². The van der Waals surface area contributed by atoms with Crippen molar-refractivity contribution in [3.8, 4) is 17.2 Å². The molecule has 0 amide bonds. The minimum Gasteiger partial charge on any atom is -0.493 e. The van der Waals surface area contributed by atoms with Crippen LogP contribution >= 0.6 is 11.3 Å². The summed E-state index contributed by atoms with van der Waals surface area (Å²) in [7, 11) is 4.76. The van der Waals surface area contributed by atoms with Gasteiger partial charge in [-0.05, 0) is 12.1 Å². The number of thiazole rings is 1. The number of benzene rings is 1. The van der Waals surface area contributed by atoms with Crippen LogP contribution in [0.3, 0.4) is 0 Å². The summed E-state index contributed by atoms with van der Waals surface area (Å²) in [5.41, 5.74) is 7.14. The van der Waals surface area contributed by atoms with Crippen LogP contribution in [-0.2, 0) is 6.42 Å². The van der Waals surface area contributed by atoms with Crippen LogP contribution in [-0.4, -0.2) is 26.3 Å². The number of aromatic nitrogens is 1. The monoisotopic (exact) mass is 294 g/mol. The molecule has 108 valence electrons. The molecule has 2 aromatic rings. The molecule has 5 nitrogen and oxygen atoms in total. The van der Waals surface area contributed by atoms with Crippen molar-refractivity contribution >= 4 is 11.3 Å². The van der Waals surface area contributed by atoms with Crippen LogP contribution in [0.5, 0.6) is 17.2 Å². The summed E-state index contributed by atoms with van der Waals surface area (Å²) in [5.74, 6) is 1.78. The van der Waals surface area contributed by atoms with Crippen molar-refractivity contribution in [1.82, 2.24) is 4.98 Å². The lowest BCUT2D eigenvalue weighted by Gasteiger charge is -2.19. The molecule has 0 bridgehead atoms. The molecule has 1 aromatic heterocycles. The van der Waals surface area contributed by atoms with E-state index >= 15 is 0 Å². The first-order valence-corrected chi connectivity index (χ1v) is 7.02. The van der Waals surface area contributed by atoms with Crippen LogP contribution in [0.1, 0.15) is 16.6 Å². The molecule has 0 aliphatic rings.